The van der Waals surface area contributed by atoms with Crippen molar-refractivity contribution in [1.82, 2.24) is 4.57 Å². The molecule has 8 aromatic carbocycles. The number of aromatic nitrogens is 1. The van der Waals surface area contributed by atoms with Crippen LogP contribution < -0.4 is 0 Å². The lowest BCUT2D eigenvalue weighted by atomic mass is 9.82. The minimum atomic E-state index is -0.0717. The number of hydrogen-bond donors (Lipinski definition) is 0. The van der Waals surface area contributed by atoms with Crippen molar-refractivity contribution in [2.45, 2.75) is 25.2 Å². The molecule has 1 heterocycles. The van der Waals surface area contributed by atoms with E-state index in [1.54, 1.807) is 0 Å². The topological polar surface area (TPSA) is 4.93 Å². The molecule has 0 N–H and O–H groups in total. The van der Waals surface area contributed by atoms with Crippen molar-refractivity contribution in [3.63, 3.8) is 0 Å². The largest absolute Gasteiger partial charge is 0.309 e. The van der Waals surface area contributed by atoms with E-state index in [0.29, 0.717) is 0 Å². The van der Waals surface area contributed by atoms with Crippen LogP contribution in [-0.4, -0.2) is 4.57 Å². The van der Waals surface area contributed by atoms with Crippen molar-refractivity contribution >= 4 is 32.6 Å². The molecule has 2 aliphatic carbocycles. The third-order valence-electron chi connectivity index (χ3n) is 11.9. The predicted octanol–water partition coefficient (Wildman–Crippen LogP) is 13.1. The van der Waals surface area contributed by atoms with E-state index in [2.05, 4.69) is 188 Å². The highest BCUT2D eigenvalue weighted by atomic mass is 15.0. The molecule has 0 radical (unpaired) electrons. The molecule has 1 aromatic heterocycles. The van der Waals surface area contributed by atoms with Gasteiger partial charge < -0.3 is 4.57 Å². The smallest absolute Gasteiger partial charge is 0.0547 e. The van der Waals surface area contributed by atoms with Gasteiger partial charge in [0.15, 0.2) is 0 Å². The monoisotopic (exact) mass is 649 g/mol. The van der Waals surface area contributed by atoms with E-state index >= 15 is 0 Å². The Balaban J connectivity index is 1.17. The Morgan fingerprint density at radius 1 is 0.471 bits per heavy atom. The highest BCUT2D eigenvalue weighted by Gasteiger charge is 2.37. The quantitative estimate of drug-likeness (QED) is 0.179. The van der Waals surface area contributed by atoms with Crippen LogP contribution in [0.1, 0.15) is 47.6 Å². The summed E-state index contributed by atoms with van der Waals surface area (Å²) in [6.45, 7) is 4.76. The van der Waals surface area contributed by atoms with E-state index in [1.165, 1.54) is 99.5 Å². The van der Waals surface area contributed by atoms with Gasteiger partial charge in [-0.25, -0.2) is 0 Å². The Morgan fingerprint density at radius 2 is 1.16 bits per heavy atom. The molecule has 0 spiro atoms. The number of rotatable bonds is 3. The molecule has 1 heteroatoms. The van der Waals surface area contributed by atoms with Gasteiger partial charge in [0, 0.05) is 27.8 Å². The first-order valence-electron chi connectivity index (χ1n) is 18.1. The van der Waals surface area contributed by atoms with E-state index in [1.807, 2.05) is 0 Å². The number of hydrogen-bond acceptors (Lipinski definition) is 0. The molecule has 0 saturated heterocycles. The summed E-state index contributed by atoms with van der Waals surface area (Å²) in [4.78, 5) is 0. The Bertz CT molecular complexity index is 2890. The number of benzene rings is 8. The summed E-state index contributed by atoms with van der Waals surface area (Å²) >= 11 is 0. The zero-order valence-corrected chi connectivity index (χ0v) is 28.7. The van der Waals surface area contributed by atoms with Gasteiger partial charge >= 0.3 is 0 Å². The molecule has 0 fully saturated rings. The fourth-order valence-corrected chi connectivity index (χ4v) is 9.46. The zero-order chi connectivity index (χ0) is 33.8. The Morgan fingerprint density at radius 3 is 2.04 bits per heavy atom. The number of nitrogens with zero attached hydrogens (tertiary/aromatic N) is 1. The van der Waals surface area contributed by atoms with Crippen molar-refractivity contribution in [2.75, 3.05) is 0 Å². The van der Waals surface area contributed by atoms with E-state index in [4.69, 9.17) is 0 Å². The van der Waals surface area contributed by atoms with Gasteiger partial charge in [0.05, 0.1) is 11.0 Å². The molecule has 0 saturated carbocycles. The van der Waals surface area contributed by atoms with Crippen molar-refractivity contribution in [3.8, 4) is 39.1 Å². The van der Waals surface area contributed by atoms with Crippen molar-refractivity contribution in [2.24, 2.45) is 0 Å². The fourth-order valence-electron chi connectivity index (χ4n) is 9.46. The summed E-state index contributed by atoms with van der Waals surface area (Å²) in [5.41, 5.74) is 18.4. The number of fused-ring (bicyclic) bond motifs is 11. The fraction of sp³-hybridized carbons (Fsp3) is 0.0800. The molecule has 51 heavy (non-hydrogen) atoms. The third-order valence-corrected chi connectivity index (χ3v) is 11.9. The lowest BCUT2D eigenvalue weighted by molar-refractivity contribution is 0.661. The maximum Gasteiger partial charge on any atom is 0.0547 e. The second-order valence-corrected chi connectivity index (χ2v) is 14.9. The minimum absolute atomic E-state index is 0.0717. The van der Waals surface area contributed by atoms with E-state index in [0.717, 1.165) is 0 Å². The van der Waals surface area contributed by atoms with E-state index in [-0.39, 0.29) is 11.3 Å². The Kier molecular flexibility index (Phi) is 5.85. The average Bonchev–Trinajstić information content (AvgIpc) is 3.77. The van der Waals surface area contributed by atoms with Gasteiger partial charge in [0.2, 0.25) is 0 Å². The summed E-state index contributed by atoms with van der Waals surface area (Å²) in [5, 5.41) is 5.14. The maximum atomic E-state index is 2.48. The van der Waals surface area contributed by atoms with Gasteiger partial charge in [0.25, 0.3) is 0 Å². The van der Waals surface area contributed by atoms with Crippen LogP contribution in [0.5, 0.6) is 0 Å². The molecular weight excluding hydrogens is 615 g/mol. The molecule has 1 unspecified atom stereocenters. The average molecular weight is 650 g/mol. The first-order valence-corrected chi connectivity index (χ1v) is 18.1. The maximum absolute atomic E-state index is 2.48. The van der Waals surface area contributed by atoms with Gasteiger partial charge in [0.1, 0.15) is 0 Å². The van der Waals surface area contributed by atoms with Crippen molar-refractivity contribution in [1.29, 1.82) is 0 Å². The van der Waals surface area contributed by atoms with Gasteiger partial charge in [-0.2, -0.15) is 0 Å². The first kappa shape index (κ1) is 28.6. The van der Waals surface area contributed by atoms with Crippen LogP contribution in [-0.2, 0) is 5.41 Å². The molecule has 11 rings (SSSR count). The van der Waals surface area contributed by atoms with Gasteiger partial charge in [-0.1, -0.05) is 147 Å². The molecule has 9 aromatic rings. The molecule has 0 aliphatic heterocycles. The van der Waals surface area contributed by atoms with E-state index in [9.17, 15) is 0 Å². The van der Waals surface area contributed by atoms with Crippen LogP contribution >= 0.6 is 0 Å². The van der Waals surface area contributed by atoms with Crippen LogP contribution in [0.25, 0.3) is 71.6 Å². The Hall–Kier alpha value is -6.18. The van der Waals surface area contributed by atoms with E-state index < -0.39 is 0 Å². The molecule has 0 bridgehead atoms. The molecule has 1 atom stereocenters. The molecule has 2 aliphatic rings. The van der Waals surface area contributed by atoms with Gasteiger partial charge in [-0.05, 0) is 108 Å². The Labute approximate surface area is 298 Å². The van der Waals surface area contributed by atoms with Crippen LogP contribution in [0, 0.1) is 0 Å². The summed E-state index contributed by atoms with van der Waals surface area (Å²) in [5.74, 6) is 0.250. The normalized spacial score (nSPS) is 15.2. The standard InChI is InChI=1S/C50H35N/c1-50(2)43-19-11-10-18-40(43)48-44(50)25-27-46-49(48)42-30-35(22-26-45(42)51(46)36-23-20-31-12-6-7-15-33(31)28-36)34-21-24-39-41(29-34)37-16-8-9-17-38(37)47(39)32-13-4-3-5-14-32/h3-30,47H,1-2H3. The van der Waals surface area contributed by atoms with Crippen molar-refractivity contribution in [3.05, 3.63) is 198 Å². The first-order chi connectivity index (χ1) is 25.1. The van der Waals surface area contributed by atoms with Gasteiger partial charge in [-0.15, -0.1) is 0 Å². The summed E-state index contributed by atoms with van der Waals surface area (Å²) in [6.07, 6.45) is 0. The van der Waals surface area contributed by atoms with Crippen LogP contribution in [0.15, 0.2) is 170 Å². The molecular formula is C50H35N. The predicted molar refractivity (Wildman–Crippen MR) is 214 cm³/mol. The highest BCUT2D eigenvalue weighted by Crippen LogP contribution is 2.54. The second-order valence-electron chi connectivity index (χ2n) is 14.9. The van der Waals surface area contributed by atoms with Crippen LogP contribution in [0.2, 0.25) is 0 Å². The molecule has 0 amide bonds. The molecule has 240 valence electrons. The second kappa shape index (κ2) is 10.4. The summed E-state index contributed by atoms with van der Waals surface area (Å²) < 4.78 is 2.48. The van der Waals surface area contributed by atoms with Crippen LogP contribution in [0.4, 0.5) is 0 Å². The third kappa shape index (κ3) is 3.98. The lowest BCUT2D eigenvalue weighted by Gasteiger charge is -2.21. The van der Waals surface area contributed by atoms with Crippen LogP contribution in [0.3, 0.4) is 0 Å². The lowest BCUT2D eigenvalue weighted by Crippen LogP contribution is -2.14. The summed E-state index contributed by atoms with van der Waals surface area (Å²) in [6, 6.07) is 63.5. The molecule has 1 nitrogen and oxygen atoms in total. The van der Waals surface area contributed by atoms with Crippen molar-refractivity contribution < 1.29 is 0 Å². The zero-order valence-electron chi connectivity index (χ0n) is 28.7. The highest BCUT2D eigenvalue weighted by molar-refractivity contribution is 6.18. The minimum Gasteiger partial charge on any atom is -0.309 e. The SMILES string of the molecule is CC1(C)c2ccccc2-c2c1ccc1c2c2cc(-c3ccc4c(c3)-c3ccccc3C4c3ccccc3)ccc2n1-c1ccc2ccccc2c1. The van der Waals surface area contributed by atoms with Gasteiger partial charge in [-0.3, -0.25) is 0 Å². The summed E-state index contributed by atoms with van der Waals surface area (Å²) in [7, 11) is 0.